The molecule has 5 rings (SSSR count). The first-order valence-corrected chi connectivity index (χ1v) is 18.8. The Balaban J connectivity index is 1.14. The number of rotatable bonds is 15. The number of phenolic OH excluding ortho intramolecular Hbond substituents is 2. The number of Topliss-reactive ketones (excluding diaryl/α,β-unsaturated/α-hetero) is 1. The molecule has 0 radical (unpaired) electrons. The molecule has 1 aromatic carbocycles. The van der Waals surface area contributed by atoms with Crippen molar-refractivity contribution >= 4 is 98.8 Å². The van der Waals surface area contributed by atoms with Crippen molar-refractivity contribution in [3.05, 3.63) is 33.8 Å². The standard InChI is InChI=1S/C31H33ClN10O14S2/c1-30(2,26(51)52)56-39-16(13-10-57-28(33)36-13)20(46)37-17-24(50)40-11-31(27(53)54,58-25(17)40)41-8-9-42(29(41)55)38-23(49)22(48)35-7-3-6-34-21(47)18(44)12-4-5-14(43)19(45)15(12)32/h4-5,10,17,25,43,45H,3,6-9,11H2,1-2H3,(H2,33,36)(H,34,47)(H,35,48)(H,37,46)(H,38,49)(H,51,52)(H,53,54)/b39-16-/t17?,25-,31?/m1/s1. The van der Waals surface area contributed by atoms with Crippen LogP contribution in [0, 0.1) is 0 Å². The van der Waals surface area contributed by atoms with Crippen molar-refractivity contribution < 1.29 is 68.4 Å². The number of aromatic hydroxyl groups is 2. The fourth-order valence-corrected chi connectivity index (χ4v) is 7.90. The number of aliphatic carboxylic acids is 2. The van der Waals surface area contributed by atoms with Crippen LogP contribution in [0.1, 0.15) is 36.3 Å². The van der Waals surface area contributed by atoms with Gasteiger partial charge >= 0.3 is 29.8 Å². The molecule has 7 amide bonds. The third-order valence-corrected chi connectivity index (χ3v) is 11.4. The van der Waals surface area contributed by atoms with E-state index in [1.165, 1.54) is 19.2 Å². The number of β-lactam (4-membered cyclic amide) rings is 1. The zero-order chi connectivity index (χ0) is 42.9. The monoisotopic (exact) mass is 868 g/mol. The molecule has 24 nitrogen and oxygen atoms in total. The summed E-state index contributed by atoms with van der Waals surface area (Å²) in [5, 5.41) is 50.0. The lowest BCUT2D eigenvalue weighted by Gasteiger charge is -2.41. The highest BCUT2D eigenvalue weighted by atomic mass is 35.5. The predicted octanol–water partition coefficient (Wildman–Crippen LogP) is -2.17. The SMILES string of the molecule is CC(C)(O/N=C(\C(=O)NC1C(=O)N2CC(C(=O)O)(N3CCN(NC(=O)C(=O)NCCCNC(=O)C(=O)c4ccc(O)c(O)c4Cl)C3=O)S[C@H]12)c1csc(N)n1)C(=O)O. The Kier molecular flexibility index (Phi) is 12.2. The van der Waals surface area contributed by atoms with Crippen LogP contribution in [0.4, 0.5) is 9.93 Å². The van der Waals surface area contributed by atoms with Crippen molar-refractivity contribution in [2.24, 2.45) is 5.16 Å². The van der Waals surface area contributed by atoms with Gasteiger partial charge in [-0.25, -0.2) is 24.4 Å². The number of hydrogen-bond acceptors (Lipinski definition) is 17. The van der Waals surface area contributed by atoms with Crippen LogP contribution >= 0.6 is 34.7 Å². The van der Waals surface area contributed by atoms with Crippen molar-refractivity contribution in [2.75, 3.05) is 38.5 Å². The van der Waals surface area contributed by atoms with Crippen LogP contribution in [-0.4, -0.2) is 154 Å². The van der Waals surface area contributed by atoms with Gasteiger partial charge in [-0.2, -0.15) is 0 Å². The van der Waals surface area contributed by atoms with Gasteiger partial charge in [0.15, 0.2) is 22.3 Å². The molecule has 3 aliphatic heterocycles. The molecule has 4 heterocycles. The van der Waals surface area contributed by atoms with E-state index in [9.17, 15) is 63.6 Å². The second kappa shape index (κ2) is 16.6. The molecular formula is C31H33ClN10O14S2. The summed E-state index contributed by atoms with van der Waals surface area (Å²) in [6, 6.07) is -0.335. The Hall–Kier alpha value is -6.41. The van der Waals surface area contributed by atoms with E-state index in [1.54, 1.807) is 0 Å². The summed E-state index contributed by atoms with van der Waals surface area (Å²) < 4.78 is 0. The van der Waals surface area contributed by atoms with Gasteiger partial charge in [-0.3, -0.25) is 39.1 Å². The molecule has 2 aromatic rings. The number of thioether (sulfide) groups is 1. The number of nitrogen functional groups attached to an aromatic ring is 1. The summed E-state index contributed by atoms with van der Waals surface area (Å²) in [6.07, 6.45) is 0.0313. The molecule has 10 N–H and O–H groups in total. The summed E-state index contributed by atoms with van der Waals surface area (Å²) in [5.41, 5.74) is 4.92. The van der Waals surface area contributed by atoms with E-state index in [4.69, 9.17) is 22.2 Å². The minimum atomic E-state index is -2.09. The normalized spacial score (nSPS) is 20.2. The first-order chi connectivity index (χ1) is 27.2. The number of carboxylic acid groups (broad SMARTS) is 2. The van der Waals surface area contributed by atoms with Crippen LogP contribution in [-0.2, 0) is 38.4 Å². The quantitative estimate of drug-likeness (QED) is 0.0175. The predicted molar refractivity (Wildman–Crippen MR) is 198 cm³/mol. The number of nitrogens with zero attached hydrogens (tertiary/aromatic N) is 5. The minimum Gasteiger partial charge on any atom is -0.504 e. The van der Waals surface area contributed by atoms with E-state index in [1.807, 2.05) is 0 Å². The number of aromatic nitrogens is 1. The molecular weight excluding hydrogens is 836 g/mol. The molecule has 2 unspecified atom stereocenters. The number of nitrogens with one attached hydrogen (secondary N) is 4. The number of phenols is 2. The number of oxime groups is 1. The maximum Gasteiger partial charge on any atom is 0.350 e. The van der Waals surface area contributed by atoms with Crippen molar-refractivity contribution in [2.45, 2.75) is 42.2 Å². The molecule has 0 aliphatic carbocycles. The Bertz CT molecular complexity index is 2150. The maximum absolute atomic E-state index is 13.4. The summed E-state index contributed by atoms with van der Waals surface area (Å²) in [5.74, 6) is -10.7. The van der Waals surface area contributed by atoms with Crippen molar-refractivity contribution in [3.8, 4) is 11.5 Å². The number of anilines is 1. The lowest BCUT2D eigenvalue weighted by Crippen LogP contribution is -2.68. The van der Waals surface area contributed by atoms with Gasteiger partial charge in [-0.05, 0) is 32.4 Å². The van der Waals surface area contributed by atoms with Gasteiger partial charge in [0.05, 0.1) is 23.7 Å². The molecule has 3 aliphatic rings. The Morgan fingerprint density at radius 2 is 1.71 bits per heavy atom. The van der Waals surface area contributed by atoms with Crippen LogP contribution in [0.5, 0.6) is 11.5 Å². The van der Waals surface area contributed by atoms with Crippen LogP contribution in [0.3, 0.4) is 0 Å². The highest BCUT2D eigenvalue weighted by molar-refractivity contribution is 8.02. The second-order valence-corrected chi connectivity index (χ2v) is 15.6. The number of ketones is 1. The van der Waals surface area contributed by atoms with Gasteiger partial charge in [0, 0.05) is 25.0 Å². The zero-order valence-electron chi connectivity index (χ0n) is 30.0. The third-order valence-electron chi connectivity index (χ3n) is 8.68. The molecule has 27 heteroatoms. The van der Waals surface area contributed by atoms with Crippen molar-refractivity contribution in [1.82, 2.24) is 41.2 Å². The van der Waals surface area contributed by atoms with Gasteiger partial charge in [0.1, 0.15) is 17.1 Å². The highest BCUT2D eigenvalue weighted by Gasteiger charge is 2.66. The first kappa shape index (κ1) is 42.7. The number of carboxylic acids is 2. The van der Waals surface area contributed by atoms with Gasteiger partial charge in [0.25, 0.3) is 17.6 Å². The number of carbonyl (C=O) groups excluding carboxylic acids is 7. The van der Waals surface area contributed by atoms with Crippen molar-refractivity contribution in [3.63, 3.8) is 0 Å². The molecule has 1 aromatic heterocycles. The largest absolute Gasteiger partial charge is 0.504 e. The maximum atomic E-state index is 13.4. The molecule has 3 atom stereocenters. The van der Waals surface area contributed by atoms with E-state index in [2.05, 4.69) is 31.5 Å². The molecule has 0 saturated carbocycles. The number of carbonyl (C=O) groups is 9. The summed E-state index contributed by atoms with van der Waals surface area (Å²) in [4.78, 5) is 123. The fraction of sp³-hybridized carbons (Fsp3) is 0.387. The lowest BCUT2D eigenvalue weighted by atomic mass is 10.1. The number of nitrogens with two attached hydrogens (primary N) is 1. The Labute approximate surface area is 338 Å². The molecule has 3 saturated heterocycles. The van der Waals surface area contributed by atoms with Gasteiger partial charge < -0.3 is 51.8 Å². The van der Waals surface area contributed by atoms with Crippen molar-refractivity contribution in [1.29, 1.82) is 0 Å². The van der Waals surface area contributed by atoms with Crippen LogP contribution in [0.2, 0.25) is 5.02 Å². The number of hydrogen-bond donors (Lipinski definition) is 9. The van der Waals surface area contributed by atoms with E-state index in [-0.39, 0.29) is 49.0 Å². The number of thiazole rings is 1. The first-order valence-electron chi connectivity index (χ1n) is 16.6. The number of urea groups is 1. The molecule has 0 bridgehead atoms. The van der Waals surface area contributed by atoms with E-state index in [0.29, 0.717) is 16.8 Å². The average molecular weight is 869 g/mol. The molecule has 58 heavy (non-hydrogen) atoms. The number of fused-ring (bicyclic) bond motifs is 1. The smallest absolute Gasteiger partial charge is 0.350 e. The highest BCUT2D eigenvalue weighted by Crippen LogP contribution is 2.49. The van der Waals surface area contributed by atoms with Gasteiger partial charge in [-0.15, -0.1) is 11.3 Å². The van der Waals surface area contributed by atoms with Gasteiger partial charge in [0.2, 0.25) is 16.4 Å². The van der Waals surface area contributed by atoms with Gasteiger partial charge in [-0.1, -0.05) is 28.5 Å². The molecule has 0 spiro atoms. The summed E-state index contributed by atoms with van der Waals surface area (Å²) in [6.45, 7) is 0.976. The second-order valence-electron chi connectivity index (χ2n) is 12.9. The average Bonchev–Trinajstić information content (AvgIpc) is 3.88. The Morgan fingerprint density at radius 1 is 1.03 bits per heavy atom. The third kappa shape index (κ3) is 8.33. The number of benzene rings is 1. The lowest BCUT2D eigenvalue weighted by molar-refractivity contribution is -0.161. The summed E-state index contributed by atoms with van der Waals surface area (Å²) >= 11 is 7.41. The van der Waals surface area contributed by atoms with Crippen LogP contribution in [0.25, 0.3) is 0 Å². The van der Waals surface area contributed by atoms with E-state index in [0.717, 1.165) is 33.3 Å². The van der Waals surface area contributed by atoms with Crippen LogP contribution < -0.4 is 27.1 Å². The fourth-order valence-electron chi connectivity index (χ4n) is 5.47. The number of amides is 7. The number of halogens is 1. The molecule has 3 fully saturated rings. The topological polar surface area (TPSA) is 353 Å². The van der Waals surface area contributed by atoms with E-state index < -0.39 is 104 Å². The van der Waals surface area contributed by atoms with E-state index >= 15 is 0 Å². The Morgan fingerprint density at radius 3 is 2.33 bits per heavy atom. The minimum absolute atomic E-state index is 0.0313. The van der Waals surface area contributed by atoms with Crippen LogP contribution in [0.15, 0.2) is 22.7 Å². The zero-order valence-corrected chi connectivity index (χ0v) is 32.4. The number of hydrazine groups is 1. The molecule has 310 valence electrons. The summed E-state index contributed by atoms with van der Waals surface area (Å²) in [7, 11) is 0.